The lowest BCUT2D eigenvalue weighted by Gasteiger charge is -2.31. The SMILES string of the molecule is CCC1(O)C(=O)OCc2c1cc1n(c2=O)Cc2c-1nc1ccc(O)cc1c2C. The van der Waals surface area contributed by atoms with E-state index >= 15 is 0 Å². The molecule has 142 valence electrons. The van der Waals surface area contributed by atoms with Gasteiger partial charge in [0.05, 0.1) is 29.0 Å². The number of phenolic OH excluding ortho intramolecular Hbond substituents is 1. The van der Waals surface area contributed by atoms with Crippen molar-refractivity contribution in [2.75, 3.05) is 0 Å². The molecule has 3 aromatic rings. The van der Waals surface area contributed by atoms with Crippen molar-refractivity contribution in [3.05, 3.63) is 56.9 Å². The average molecular weight is 378 g/mol. The summed E-state index contributed by atoms with van der Waals surface area (Å²) in [6.07, 6.45) is 0.109. The van der Waals surface area contributed by atoms with Crippen LogP contribution in [0.1, 0.15) is 35.6 Å². The van der Waals surface area contributed by atoms with Crippen LogP contribution in [0.15, 0.2) is 29.1 Å². The van der Waals surface area contributed by atoms with Crippen LogP contribution in [0.25, 0.3) is 22.3 Å². The number of esters is 1. The topological polar surface area (TPSA) is 102 Å². The third kappa shape index (κ3) is 1.99. The predicted octanol–water partition coefficient (Wildman–Crippen LogP) is 2.09. The van der Waals surface area contributed by atoms with Gasteiger partial charge in [0.2, 0.25) is 0 Å². The number of rotatable bonds is 1. The molecule has 0 bridgehead atoms. The number of aliphatic hydroxyl groups is 1. The summed E-state index contributed by atoms with van der Waals surface area (Å²) in [5.74, 6) is -0.577. The third-order valence-corrected chi connectivity index (χ3v) is 5.96. The molecule has 7 nitrogen and oxygen atoms in total. The lowest BCUT2D eigenvalue weighted by Crippen LogP contribution is -2.44. The first kappa shape index (κ1) is 16.9. The molecule has 28 heavy (non-hydrogen) atoms. The van der Waals surface area contributed by atoms with Crippen molar-refractivity contribution in [1.29, 1.82) is 0 Å². The van der Waals surface area contributed by atoms with E-state index in [-0.39, 0.29) is 24.3 Å². The van der Waals surface area contributed by atoms with E-state index in [0.29, 0.717) is 34.6 Å². The van der Waals surface area contributed by atoms with E-state index in [2.05, 4.69) is 0 Å². The molecule has 1 atom stereocenters. The number of hydrogen-bond acceptors (Lipinski definition) is 6. The first-order valence-corrected chi connectivity index (χ1v) is 9.14. The number of benzene rings is 1. The summed E-state index contributed by atoms with van der Waals surface area (Å²) < 4.78 is 6.69. The summed E-state index contributed by atoms with van der Waals surface area (Å²) in [4.78, 5) is 30.1. The molecule has 0 fully saturated rings. The Hall–Kier alpha value is -3.19. The molecule has 2 aliphatic heterocycles. The smallest absolute Gasteiger partial charge is 0.343 e. The second-order valence-corrected chi connectivity index (χ2v) is 7.37. The summed E-state index contributed by atoms with van der Waals surface area (Å²) in [6.45, 7) is 3.82. The molecule has 2 aromatic heterocycles. The zero-order chi connectivity index (χ0) is 19.8. The zero-order valence-electron chi connectivity index (χ0n) is 15.4. The number of nitrogens with zero attached hydrogens (tertiary/aromatic N) is 2. The van der Waals surface area contributed by atoms with Gasteiger partial charge in [-0.15, -0.1) is 0 Å². The predicted molar refractivity (Wildman–Crippen MR) is 101 cm³/mol. The second kappa shape index (κ2) is 5.42. The minimum atomic E-state index is -1.83. The van der Waals surface area contributed by atoms with Gasteiger partial charge >= 0.3 is 5.97 Å². The van der Waals surface area contributed by atoms with Crippen molar-refractivity contribution < 1.29 is 19.7 Å². The van der Waals surface area contributed by atoms with Crippen molar-refractivity contribution in [2.24, 2.45) is 0 Å². The molecule has 0 saturated heterocycles. The molecule has 1 unspecified atom stereocenters. The molecule has 4 heterocycles. The zero-order valence-corrected chi connectivity index (χ0v) is 15.4. The van der Waals surface area contributed by atoms with Crippen LogP contribution in [0.2, 0.25) is 0 Å². The van der Waals surface area contributed by atoms with Crippen LogP contribution >= 0.6 is 0 Å². The number of phenols is 1. The number of aryl methyl sites for hydroxylation is 1. The number of aromatic hydroxyl groups is 1. The molecule has 0 spiro atoms. The normalized spacial score (nSPS) is 19.9. The number of pyridine rings is 2. The van der Waals surface area contributed by atoms with Crippen LogP contribution < -0.4 is 5.56 Å². The van der Waals surface area contributed by atoms with Crippen LogP contribution in [-0.2, 0) is 28.3 Å². The van der Waals surface area contributed by atoms with Gasteiger partial charge in [-0.3, -0.25) is 4.79 Å². The largest absolute Gasteiger partial charge is 0.508 e. The minimum absolute atomic E-state index is 0.109. The Kier molecular flexibility index (Phi) is 3.28. The van der Waals surface area contributed by atoms with E-state index in [1.54, 1.807) is 35.8 Å². The van der Waals surface area contributed by atoms with Gasteiger partial charge in [0.15, 0.2) is 5.60 Å². The van der Waals surface area contributed by atoms with Gasteiger partial charge in [-0.25, -0.2) is 9.78 Å². The van der Waals surface area contributed by atoms with Gasteiger partial charge in [-0.1, -0.05) is 6.92 Å². The standard InChI is InChI=1S/C21H18N2O5/c1-3-21(27)15-7-17-18-13(8-23(17)19(25)14(15)9-28-20(21)26)10(2)12-6-11(24)4-5-16(12)22-18/h4-7,24,27H,3,8-9H2,1-2H3. The van der Waals surface area contributed by atoms with E-state index < -0.39 is 11.6 Å². The Balaban J connectivity index is 1.83. The lowest BCUT2D eigenvalue weighted by molar-refractivity contribution is -0.172. The van der Waals surface area contributed by atoms with Crippen molar-refractivity contribution in [2.45, 2.75) is 39.0 Å². The van der Waals surface area contributed by atoms with Gasteiger partial charge in [0.25, 0.3) is 5.56 Å². The highest BCUT2D eigenvalue weighted by atomic mass is 16.6. The van der Waals surface area contributed by atoms with Crippen LogP contribution in [0.3, 0.4) is 0 Å². The Labute approximate surface area is 159 Å². The maximum absolute atomic E-state index is 13.1. The fourth-order valence-corrected chi connectivity index (χ4v) is 4.27. The minimum Gasteiger partial charge on any atom is -0.508 e. The molecule has 0 amide bonds. The average Bonchev–Trinajstić information content (AvgIpc) is 3.05. The number of hydrogen-bond donors (Lipinski definition) is 2. The Morgan fingerprint density at radius 3 is 2.79 bits per heavy atom. The first-order valence-electron chi connectivity index (χ1n) is 9.14. The molecule has 0 aliphatic carbocycles. The van der Waals surface area contributed by atoms with Gasteiger partial charge in [-0.05, 0) is 43.2 Å². The van der Waals surface area contributed by atoms with Crippen LogP contribution in [-0.4, -0.2) is 25.7 Å². The van der Waals surface area contributed by atoms with Gasteiger partial charge in [-0.2, -0.15) is 0 Å². The summed E-state index contributed by atoms with van der Waals surface area (Å²) in [7, 11) is 0. The molecule has 2 aliphatic rings. The van der Waals surface area contributed by atoms with E-state index in [1.807, 2.05) is 6.92 Å². The molecule has 5 rings (SSSR count). The number of cyclic esters (lactones) is 1. The van der Waals surface area contributed by atoms with Gasteiger partial charge in [0.1, 0.15) is 12.4 Å². The van der Waals surface area contributed by atoms with Crippen LogP contribution in [0.5, 0.6) is 5.75 Å². The summed E-state index contributed by atoms with van der Waals surface area (Å²) in [5.41, 5.74) is 2.28. The summed E-state index contributed by atoms with van der Waals surface area (Å²) >= 11 is 0. The molecule has 0 radical (unpaired) electrons. The highest BCUT2D eigenvalue weighted by Gasteiger charge is 2.45. The van der Waals surface area contributed by atoms with Crippen molar-refractivity contribution in [1.82, 2.24) is 9.55 Å². The monoisotopic (exact) mass is 378 g/mol. The van der Waals surface area contributed by atoms with Crippen molar-refractivity contribution in [3.8, 4) is 17.1 Å². The number of fused-ring (bicyclic) bond motifs is 5. The number of ether oxygens (including phenoxy) is 1. The Morgan fingerprint density at radius 2 is 2.04 bits per heavy atom. The second-order valence-electron chi connectivity index (χ2n) is 7.37. The maximum atomic E-state index is 13.1. The Bertz CT molecular complexity index is 1260. The summed E-state index contributed by atoms with van der Waals surface area (Å²) in [5, 5.41) is 21.5. The number of carbonyl (C=O) groups is 1. The van der Waals surface area contributed by atoms with Crippen molar-refractivity contribution in [3.63, 3.8) is 0 Å². The quantitative estimate of drug-likeness (QED) is 0.492. The van der Waals surface area contributed by atoms with Gasteiger partial charge < -0.3 is 19.5 Å². The van der Waals surface area contributed by atoms with Gasteiger partial charge in [0, 0.05) is 16.5 Å². The van der Waals surface area contributed by atoms with Crippen molar-refractivity contribution >= 4 is 16.9 Å². The fourth-order valence-electron chi connectivity index (χ4n) is 4.27. The molecule has 7 heteroatoms. The molecular weight excluding hydrogens is 360 g/mol. The molecular formula is C21H18N2O5. The van der Waals surface area contributed by atoms with E-state index in [9.17, 15) is 19.8 Å². The first-order chi connectivity index (χ1) is 13.3. The van der Waals surface area contributed by atoms with Crippen LogP contribution in [0.4, 0.5) is 0 Å². The lowest BCUT2D eigenvalue weighted by atomic mass is 9.86. The maximum Gasteiger partial charge on any atom is 0.343 e. The van der Waals surface area contributed by atoms with Crippen LogP contribution in [0, 0.1) is 6.92 Å². The van der Waals surface area contributed by atoms with E-state index in [1.165, 1.54) is 0 Å². The third-order valence-electron chi connectivity index (χ3n) is 5.96. The fraction of sp³-hybridized carbons (Fsp3) is 0.286. The van der Waals surface area contributed by atoms with E-state index in [4.69, 9.17) is 9.72 Å². The molecule has 1 aromatic carbocycles. The molecule has 0 saturated carbocycles. The number of aromatic nitrogens is 2. The molecule has 2 N–H and O–H groups in total. The summed E-state index contributed by atoms with van der Waals surface area (Å²) in [6, 6.07) is 6.67. The highest BCUT2D eigenvalue weighted by Crippen LogP contribution is 2.40. The highest BCUT2D eigenvalue weighted by molar-refractivity contribution is 5.89. The number of carbonyl (C=O) groups excluding carboxylic acids is 1. The van der Waals surface area contributed by atoms with E-state index in [0.717, 1.165) is 16.5 Å². The Morgan fingerprint density at radius 1 is 1.25 bits per heavy atom.